The molecule has 0 spiro atoms. The second kappa shape index (κ2) is 7.18. The van der Waals surface area contributed by atoms with Gasteiger partial charge < -0.3 is 14.2 Å². The summed E-state index contributed by atoms with van der Waals surface area (Å²) >= 11 is 1.62. The average molecular weight is 356 g/mol. The Hall–Kier alpha value is -2.48. The normalized spacial score (nSPS) is 17.6. The molecule has 0 bridgehead atoms. The summed E-state index contributed by atoms with van der Waals surface area (Å²) in [4.78, 5) is 20.1. The molecule has 0 saturated carbocycles. The summed E-state index contributed by atoms with van der Waals surface area (Å²) < 4.78 is 7.43. The number of imidazole rings is 1. The monoisotopic (exact) mass is 356 g/mol. The Morgan fingerprint density at radius 3 is 3.08 bits per heavy atom. The number of piperidine rings is 1. The molecule has 3 aromatic rings. The van der Waals surface area contributed by atoms with Crippen molar-refractivity contribution in [1.82, 2.24) is 24.5 Å². The van der Waals surface area contributed by atoms with Crippen LogP contribution in [0.15, 0.2) is 35.5 Å². The molecule has 4 heterocycles. The minimum atomic E-state index is 0.359. The Morgan fingerprint density at radius 2 is 2.24 bits per heavy atom. The quantitative estimate of drug-likeness (QED) is 0.700. The summed E-state index contributed by atoms with van der Waals surface area (Å²) in [5, 5.41) is 2.08. The van der Waals surface area contributed by atoms with E-state index >= 15 is 0 Å². The fourth-order valence-corrected chi connectivity index (χ4v) is 3.82. The molecule has 1 aliphatic heterocycles. The molecule has 130 valence electrons. The summed E-state index contributed by atoms with van der Waals surface area (Å²) in [6, 6.07) is 1.77. The fourth-order valence-electron chi connectivity index (χ4n) is 3.27. The molecule has 0 N–H and O–H groups in total. The molecule has 1 atom stereocenters. The van der Waals surface area contributed by atoms with Gasteiger partial charge in [-0.3, -0.25) is 0 Å². The molecule has 0 aromatic carbocycles. The van der Waals surface area contributed by atoms with Crippen molar-refractivity contribution in [2.75, 3.05) is 25.1 Å². The van der Waals surface area contributed by atoms with E-state index in [0.29, 0.717) is 11.8 Å². The highest BCUT2D eigenvalue weighted by Crippen LogP contribution is 2.28. The van der Waals surface area contributed by atoms with Crippen LogP contribution >= 0.6 is 11.3 Å². The maximum absolute atomic E-state index is 5.22. The maximum Gasteiger partial charge on any atom is 0.228 e. The Labute approximate surface area is 150 Å². The van der Waals surface area contributed by atoms with E-state index in [9.17, 15) is 0 Å². The minimum absolute atomic E-state index is 0.359. The van der Waals surface area contributed by atoms with Crippen LogP contribution in [0.5, 0.6) is 5.88 Å². The van der Waals surface area contributed by atoms with Crippen LogP contribution in [-0.2, 0) is 6.54 Å². The number of anilines is 1. The highest BCUT2D eigenvalue weighted by atomic mass is 32.1. The first-order valence-electron chi connectivity index (χ1n) is 8.33. The largest absolute Gasteiger partial charge is 0.481 e. The average Bonchev–Trinajstić information content (AvgIpc) is 3.34. The van der Waals surface area contributed by atoms with Gasteiger partial charge in [0, 0.05) is 49.0 Å². The lowest BCUT2D eigenvalue weighted by atomic mass is 9.97. The van der Waals surface area contributed by atoms with Gasteiger partial charge in [-0.05, 0) is 12.8 Å². The van der Waals surface area contributed by atoms with Gasteiger partial charge in [0.2, 0.25) is 11.8 Å². The van der Waals surface area contributed by atoms with Crippen LogP contribution in [0, 0.1) is 0 Å². The van der Waals surface area contributed by atoms with Crippen LogP contribution in [0.1, 0.15) is 30.3 Å². The number of rotatable bonds is 5. The predicted molar refractivity (Wildman–Crippen MR) is 96.2 cm³/mol. The van der Waals surface area contributed by atoms with Gasteiger partial charge in [0.25, 0.3) is 0 Å². The summed E-state index contributed by atoms with van der Waals surface area (Å²) in [5.41, 5.74) is 2.95. The molecular formula is C17H20N6OS. The molecule has 4 rings (SSSR count). The summed E-state index contributed by atoms with van der Waals surface area (Å²) in [6.07, 6.45) is 7.87. The van der Waals surface area contributed by atoms with E-state index in [1.54, 1.807) is 30.7 Å². The van der Waals surface area contributed by atoms with Crippen molar-refractivity contribution in [2.45, 2.75) is 25.3 Å². The minimum Gasteiger partial charge on any atom is -0.481 e. The molecule has 1 unspecified atom stereocenters. The zero-order chi connectivity index (χ0) is 17.1. The first kappa shape index (κ1) is 16.0. The molecule has 1 saturated heterocycles. The lowest BCUT2D eigenvalue weighted by Crippen LogP contribution is -2.36. The van der Waals surface area contributed by atoms with Crippen molar-refractivity contribution in [1.29, 1.82) is 0 Å². The van der Waals surface area contributed by atoms with Crippen molar-refractivity contribution < 1.29 is 4.74 Å². The number of methoxy groups -OCH3 is 1. The second-order valence-corrected chi connectivity index (χ2v) is 6.80. The lowest BCUT2D eigenvalue weighted by Gasteiger charge is -2.32. The molecule has 0 aliphatic carbocycles. The van der Waals surface area contributed by atoms with E-state index in [-0.39, 0.29) is 0 Å². The molecule has 25 heavy (non-hydrogen) atoms. The van der Waals surface area contributed by atoms with Crippen LogP contribution in [0.4, 0.5) is 5.95 Å². The zero-order valence-corrected chi connectivity index (χ0v) is 14.9. The smallest absolute Gasteiger partial charge is 0.228 e. The van der Waals surface area contributed by atoms with Gasteiger partial charge in [-0.2, -0.15) is 4.98 Å². The molecule has 0 amide bonds. The van der Waals surface area contributed by atoms with Gasteiger partial charge in [-0.1, -0.05) is 0 Å². The first-order chi connectivity index (χ1) is 12.3. The van der Waals surface area contributed by atoms with Gasteiger partial charge in [0.05, 0.1) is 24.9 Å². The van der Waals surface area contributed by atoms with Crippen molar-refractivity contribution in [3.63, 3.8) is 0 Å². The van der Waals surface area contributed by atoms with Gasteiger partial charge in [-0.25, -0.2) is 15.0 Å². The molecule has 1 aliphatic rings. The van der Waals surface area contributed by atoms with Gasteiger partial charge in [0.1, 0.15) is 5.82 Å². The number of nitrogens with zero attached hydrogens (tertiary/aromatic N) is 6. The number of hydrogen-bond acceptors (Lipinski definition) is 7. The Kier molecular flexibility index (Phi) is 4.60. The van der Waals surface area contributed by atoms with Gasteiger partial charge >= 0.3 is 0 Å². The van der Waals surface area contributed by atoms with Crippen molar-refractivity contribution in [3.05, 3.63) is 47.1 Å². The Bertz CT molecular complexity index is 818. The van der Waals surface area contributed by atoms with Crippen LogP contribution in [0.3, 0.4) is 0 Å². The van der Waals surface area contributed by atoms with E-state index in [1.165, 1.54) is 0 Å². The van der Waals surface area contributed by atoms with Gasteiger partial charge in [-0.15, -0.1) is 11.3 Å². The van der Waals surface area contributed by atoms with Crippen molar-refractivity contribution in [2.24, 2.45) is 0 Å². The highest BCUT2D eigenvalue weighted by Gasteiger charge is 2.26. The number of hydrogen-bond donors (Lipinski definition) is 0. The van der Waals surface area contributed by atoms with Crippen LogP contribution in [-0.4, -0.2) is 44.7 Å². The molecule has 1 fully saturated rings. The Morgan fingerprint density at radius 1 is 1.28 bits per heavy atom. The zero-order valence-electron chi connectivity index (χ0n) is 14.1. The van der Waals surface area contributed by atoms with E-state index in [4.69, 9.17) is 4.74 Å². The molecule has 7 nitrogen and oxygen atoms in total. The number of thiazole rings is 1. The van der Waals surface area contributed by atoms with Crippen LogP contribution < -0.4 is 9.64 Å². The SMILES string of the molecule is COc1ccnc(N2CCCC(c3nccn3Cc3cscn3)C2)n1. The third kappa shape index (κ3) is 3.48. The lowest BCUT2D eigenvalue weighted by molar-refractivity contribution is 0.395. The van der Waals surface area contributed by atoms with E-state index in [2.05, 4.69) is 34.8 Å². The van der Waals surface area contributed by atoms with Crippen LogP contribution in [0.25, 0.3) is 0 Å². The molecular weight excluding hydrogens is 336 g/mol. The molecule has 8 heteroatoms. The highest BCUT2D eigenvalue weighted by molar-refractivity contribution is 7.07. The van der Waals surface area contributed by atoms with Crippen molar-refractivity contribution in [3.8, 4) is 5.88 Å². The summed E-state index contributed by atoms with van der Waals surface area (Å²) in [6.45, 7) is 2.59. The third-order valence-corrected chi connectivity index (χ3v) is 5.09. The molecule has 0 radical (unpaired) electrons. The fraction of sp³-hybridized carbons (Fsp3) is 0.412. The topological polar surface area (TPSA) is 69.0 Å². The summed E-state index contributed by atoms with van der Waals surface area (Å²) in [7, 11) is 1.63. The van der Waals surface area contributed by atoms with Crippen molar-refractivity contribution >= 4 is 17.3 Å². The van der Waals surface area contributed by atoms with Crippen LogP contribution in [0.2, 0.25) is 0 Å². The Balaban J connectivity index is 1.52. The first-order valence-corrected chi connectivity index (χ1v) is 9.28. The van der Waals surface area contributed by atoms with E-state index in [0.717, 1.165) is 49.9 Å². The van der Waals surface area contributed by atoms with Gasteiger partial charge in [0.15, 0.2) is 0 Å². The standard InChI is InChI=1S/C17H20N6OS/c1-24-15-4-5-19-17(21-15)23-7-2-3-13(9-23)16-18-6-8-22(16)10-14-11-25-12-20-14/h4-6,8,11-13H,2-3,7,9-10H2,1H3. The number of ether oxygens (including phenoxy) is 1. The molecule has 3 aromatic heterocycles. The third-order valence-electron chi connectivity index (χ3n) is 4.46. The van der Waals surface area contributed by atoms with E-state index < -0.39 is 0 Å². The van der Waals surface area contributed by atoms with E-state index in [1.807, 2.05) is 17.9 Å². The summed E-state index contributed by atoms with van der Waals surface area (Å²) in [5.74, 6) is 2.79. The maximum atomic E-state index is 5.22. The number of aromatic nitrogens is 5. The predicted octanol–water partition coefficient (Wildman–Crippen LogP) is 2.57. The second-order valence-electron chi connectivity index (χ2n) is 6.08.